The molecule has 20 heavy (non-hydrogen) atoms. The number of carboxylic acid groups (broad SMARTS) is 1. The first kappa shape index (κ1) is 17.4. The van der Waals surface area contributed by atoms with Gasteiger partial charge in [-0.05, 0) is 39.3 Å². The Labute approximate surface area is 121 Å². The predicted octanol–water partition coefficient (Wildman–Crippen LogP) is 0.338. The molecule has 2 atom stereocenters. The van der Waals surface area contributed by atoms with Crippen LogP contribution < -0.4 is 5.32 Å². The molecule has 118 valence electrons. The molecule has 0 bridgehead atoms. The molecular formula is C13H26N2O4S. The van der Waals surface area contributed by atoms with Gasteiger partial charge in [0, 0.05) is 18.8 Å². The van der Waals surface area contributed by atoms with Crippen LogP contribution in [-0.4, -0.2) is 68.1 Å². The van der Waals surface area contributed by atoms with Crippen molar-refractivity contribution in [3.63, 3.8) is 0 Å². The molecule has 6 nitrogen and oxygen atoms in total. The minimum Gasteiger partial charge on any atom is -0.480 e. The molecule has 2 N–H and O–H groups in total. The minimum atomic E-state index is -2.99. The van der Waals surface area contributed by atoms with Crippen LogP contribution in [0.25, 0.3) is 0 Å². The fraction of sp³-hybridized carbons (Fsp3) is 0.923. The third kappa shape index (κ3) is 4.71. The van der Waals surface area contributed by atoms with Crippen LogP contribution in [-0.2, 0) is 14.6 Å². The normalized spacial score (nSPS) is 27.7. The van der Waals surface area contributed by atoms with Gasteiger partial charge in [0.1, 0.15) is 15.4 Å². The van der Waals surface area contributed by atoms with Crippen molar-refractivity contribution in [2.24, 2.45) is 0 Å². The van der Waals surface area contributed by atoms with Crippen LogP contribution in [0.15, 0.2) is 0 Å². The molecule has 0 aromatic rings. The van der Waals surface area contributed by atoms with Gasteiger partial charge in [-0.25, -0.2) is 8.42 Å². The zero-order chi connectivity index (χ0) is 15.4. The molecule has 2 unspecified atom stereocenters. The van der Waals surface area contributed by atoms with Crippen molar-refractivity contribution in [1.82, 2.24) is 10.2 Å². The lowest BCUT2D eigenvalue weighted by Crippen LogP contribution is -2.58. The van der Waals surface area contributed by atoms with Gasteiger partial charge in [-0.1, -0.05) is 6.92 Å². The fourth-order valence-corrected chi connectivity index (χ4v) is 3.50. The minimum absolute atomic E-state index is 0.112. The van der Waals surface area contributed by atoms with E-state index in [1.54, 1.807) is 0 Å². The maximum Gasteiger partial charge on any atom is 0.323 e. The maximum absolute atomic E-state index is 11.6. The van der Waals surface area contributed by atoms with Crippen molar-refractivity contribution in [3.05, 3.63) is 0 Å². The molecule has 1 aliphatic carbocycles. The summed E-state index contributed by atoms with van der Waals surface area (Å²) in [6, 6.07) is 0.112. The molecule has 0 aromatic heterocycles. The fourth-order valence-electron chi connectivity index (χ4n) is 2.88. The number of hydrogen-bond donors (Lipinski definition) is 2. The highest BCUT2D eigenvalue weighted by molar-refractivity contribution is 7.90. The third-order valence-corrected chi connectivity index (χ3v) is 5.01. The smallest absolute Gasteiger partial charge is 0.323 e. The van der Waals surface area contributed by atoms with Crippen LogP contribution in [0, 0.1) is 0 Å². The number of nitrogens with one attached hydrogen (secondary N) is 1. The number of carbonyl (C=O) groups is 1. The number of sulfone groups is 1. The molecule has 1 saturated carbocycles. The lowest BCUT2D eigenvalue weighted by atomic mass is 9.78. The Hall–Kier alpha value is -0.660. The third-order valence-electron chi connectivity index (χ3n) is 4.09. The summed E-state index contributed by atoms with van der Waals surface area (Å²) in [5.41, 5.74) is -0.864. The Balaban J connectivity index is 2.69. The van der Waals surface area contributed by atoms with Crippen molar-refractivity contribution < 1.29 is 18.3 Å². The molecule has 0 amide bonds. The summed E-state index contributed by atoms with van der Waals surface area (Å²) < 4.78 is 22.4. The molecule has 1 rings (SSSR count). The molecule has 0 spiro atoms. The van der Waals surface area contributed by atoms with Crippen LogP contribution in [0.3, 0.4) is 0 Å². The first-order valence-corrected chi connectivity index (χ1v) is 9.12. The van der Waals surface area contributed by atoms with Crippen LogP contribution in [0.5, 0.6) is 0 Å². The Morgan fingerprint density at radius 2 is 2.15 bits per heavy atom. The predicted molar refractivity (Wildman–Crippen MR) is 78.6 cm³/mol. The van der Waals surface area contributed by atoms with E-state index in [1.165, 1.54) is 6.26 Å². The first-order chi connectivity index (χ1) is 9.20. The number of aliphatic carboxylic acids is 1. The average Bonchev–Trinajstić information content (AvgIpc) is 2.35. The summed E-state index contributed by atoms with van der Waals surface area (Å²) >= 11 is 0. The highest BCUT2D eigenvalue weighted by atomic mass is 32.2. The summed E-state index contributed by atoms with van der Waals surface area (Å²) in [5.74, 6) is -0.693. The van der Waals surface area contributed by atoms with E-state index in [9.17, 15) is 18.3 Å². The lowest BCUT2D eigenvalue weighted by molar-refractivity contribution is -0.147. The van der Waals surface area contributed by atoms with Crippen LogP contribution >= 0.6 is 0 Å². The van der Waals surface area contributed by atoms with Gasteiger partial charge in [0.15, 0.2) is 0 Å². The Kier molecular flexibility index (Phi) is 5.97. The zero-order valence-corrected chi connectivity index (χ0v) is 13.4. The van der Waals surface area contributed by atoms with Gasteiger partial charge in [0.05, 0.1) is 5.75 Å². The molecule has 0 aliphatic heterocycles. The van der Waals surface area contributed by atoms with Crippen molar-refractivity contribution >= 4 is 15.8 Å². The van der Waals surface area contributed by atoms with E-state index in [4.69, 9.17) is 0 Å². The van der Waals surface area contributed by atoms with Crippen molar-refractivity contribution in [3.8, 4) is 0 Å². The van der Waals surface area contributed by atoms with Crippen molar-refractivity contribution in [2.45, 2.75) is 44.2 Å². The number of carboxylic acids is 1. The van der Waals surface area contributed by atoms with E-state index < -0.39 is 21.3 Å². The second kappa shape index (κ2) is 6.87. The zero-order valence-electron chi connectivity index (χ0n) is 12.6. The van der Waals surface area contributed by atoms with E-state index in [0.717, 1.165) is 12.8 Å². The number of hydrogen-bond acceptors (Lipinski definition) is 5. The molecule has 1 aliphatic rings. The largest absolute Gasteiger partial charge is 0.480 e. The van der Waals surface area contributed by atoms with Crippen molar-refractivity contribution in [1.29, 1.82) is 0 Å². The van der Waals surface area contributed by atoms with Crippen molar-refractivity contribution in [2.75, 3.05) is 32.1 Å². The van der Waals surface area contributed by atoms with Crippen LogP contribution in [0.4, 0.5) is 0 Å². The van der Waals surface area contributed by atoms with Gasteiger partial charge in [-0.15, -0.1) is 0 Å². The molecule has 7 heteroatoms. The molecule has 0 aromatic carbocycles. The summed E-state index contributed by atoms with van der Waals surface area (Å²) in [7, 11) is -1.11. The standard InChI is InChI=1S/C13H26N2O4S/c1-4-14-13(12(16)17)7-5-6-11(10-13)15(2)8-9-20(3,18)19/h11,14H,4-10H2,1-3H3,(H,16,17). The maximum atomic E-state index is 11.6. The van der Waals surface area contributed by atoms with E-state index in [-0.39, 0.29) is 11.8 Å². The molecular weight excluding hydrogens is 280 g/mol. The summed E-state index contributed by atoms with van der Waals surface area (Å²) in [6.07, 6.45) is 4.14. The molecule has 1 fully saturated rings. The first-order valence-electron chi connectivity index (χ1n) is 7.06. The summed E-state index contributed by atoms with van der Waals surface area (Å²) in [4.78, 5) is 13.6. The Morgan fingerprint density at radius 1 is 1.50 bits per heavy atom. The van der Waals surface area contributed by atoms with E-state index >= 15 is 0 Å². The molecule has 0 radical (unpaired) electrons. The van der Waals surface area contributed by atoms with Gasteiger partial charge < -0.3 is 15.3 Å². The van der Waals surface area contributed by atoms with Gasteiger partial charge in [-0.3, -0.25) is 4.79 Å². The van der Waals surface area contributed by atoms with Crippen LogP contribution in [0.2, 0.25) is 0 Å². The Morgan fingerprint density at radius 3 is 2.65 bits per heavy atom. The van der Waals surface area contributed by atoms with Gasteiger partial charge in [-0.2, -0.15) is 0 Å². The van der Waals surface area contributed by atoms with Gasteiger partial charge >= 0.3 is 5.97 Å². The van der Waals surface area contributed by atoms with Gasteiger partial charge in [0.2, 0.25) is 0 Å². The lowest BCUT2D eigenvalue weighted by Gasteiger charge is -2.41. The van der Waals surface area contributed by atoms with Crippen LogP contribution in [0.1, 0.15) is 32.6 Å². The van der Waals surface area contributed by atoms with E-state index in [2.05, 4.69) is 5.32 Å². The summed E-state index contributed by atoms with van der Waals surface area (Å²) in [6.45, 7) is 2.97. The Bertz CT molecular complexity index is 434. The highest BCUT2D eigenvalue weighted by Crippen LogP contribution is 2.31. The number of rotatable bonds is 7. The average molecular weight is 306 g/mol. The highest BCUT2D eigenvalue weighted by Gasteiger charge is 2.43. The quantitative estimate of drug-likeness (QED) is 0.705. The van der Waals surface area contributed by atoms with E-state index in [1.807, 2.05) is 18.9 Å². The molecule has 0 saturated heterocycles. The monoisotopic (exact) mass is 306 g/mol. The second-order valence-corrected chi connectivity index (χ2v) is 8.04. The van der Waals surface area contributed by atoms with Gasteiger partial charge in [0.25, 0.3) is 0 Å². The summed E-state index contributed by atoms with van der Waals surface area (Å²) in [5, 5.41) is 12.6. The topological polar surface area (TPSA) is 86.7 Å². The van der Waals surface area contributed by atoms with E-state index in [0.29, 0.717) is 25.9 Å². The SMILES string of the molecule is CCNC1(C(=O)O)CCCC(N(C)CCS(C)(=O)=O)C1. The molecule has 0 heterocycles. The number of likely N-dealkylation sites (N-methyl/N-ethyl adjacent to an activating group) is 1. The number of nitrogens with zero attached hydrogens (tertiary/aromatic N) is 1. The second-order valence-electron chi connectivity index (χ2n) is 5.78.